The second-order valence-electron chi connectivity index (χ2n) is 2.64. The molecule has 0 unspecified atom stereocenters. The third-order valence-corrected chi connectivity index (χ3v) is 1.74. The Morgan fingerprint density at radius 1 is 1.54 bits per heavy atom. The Balaban J connectivity index is 2.89. The van der Waals surface area contributed by atoms with Crippen LogP contribution in [0.2, 0.25) is 5.02 Å². The molecule has 0 bridgehead atoms. The van der Waals surface area contributed by atoms with Crippen molar-refractivity contribution >= 4 is 23.2 Å². The second kappa shape index (κ2) is 4.14. The van der Waals surface area contributed by atoms with Gasteiger partial charge in [0.1, 0.15) is 11.5 Å². The normalized spacial score (nSPS) is 9.69. The van der Waals surface area contributed by atoms with Crippen LogP contribution in [-0.2, 0) is 4.79 Å². The summed E-state index contributed by atoms with van der Waals surface area (Å²) in [5.74, 6) is -0.523. The van der Waals surface area contributed by atoms with Crippen LogP contribution in [0.4, 0.5) is 0 Å². The van der Waals surface area contributed by atoms with Crippen LogP contribution in [-0.4, -0.2) is 16.6 Å². The zero-order valence-electron chi connectivity index (χ0n) is 7.08. The minimum atomic E-state index is -0.335. The van der Waals surface area contributed by atoms with Gasteiger partial charge in [-0.3, -0.25) is 14.6 Å². The van der Waals surface area contributed by atoms with Gasteiger partial charge in [-0.15, -0.1) is 0 Å². The van der Waals surface area contributed by atoms with Gasteiger partial charge in [0.15, 0.2) is 5.78 Å². The molecule has 4 heteroatoms. The van der Waals surface area contributed by atoms with Crippen LogP contribution in [0.25, 0.3) is 0 Å². The Hall–Kier alpha value is -1.22. The van der Waals surface area contributed by atoms with E-state index in [2.05, 4.69) is 4.98 Å². The molecule has 0 aromatic carbocycles. The van der Waals surface area contributed by atoms with Gasteiger partial charge in [-0.2, -0.15) is 0 Å². The molecule has 0 amide bonds. The minimum absolute atomic E-state index is 0.142. The number of pyridine rings is 1. The van der Waals surface area contributed by atoms with Crippen LogP contribution in [0.15, 0.2) is 18.3 Å². The van der Waals surface area contributed by atoms with Gasteiger partial charge in [-0.25, -0.2) is 0 Å². The number of carbonyl (C=O) groups is 2. The Labute approximate surface area is 80.7 Å². The first kappa shape index (κ1) is 9.86. The maximum Gasteiger partial charge on any atom is 0.190 e. The number of aromatic nitrogens is 1. The maximum absolute atomic E-state index is 11.3. The molecule has 0 fully saturated rings. The molecule has 3 nitrogen and oxygen atoms in total. The lowest BCUT2D eigenvalue weighted by molar-refractivity contribution is -0.116. The molecular weight excluding hydrogens is 190 g/mol. The van der Waals surface area contributed by atoms with Crippen molar-refractivity contribution in [3.8, 4) is 0 Å². The molecule has 0 aliphatic rings. The highest BCUT2D eigenvalue weighted by atomic mass is 35.5. The van der Waals surface area contributed by atoms with Crippen molar-refractivity contribution in [2.24, 2.45) is 0 Å². The van der Waals surface area contributed by atoms with Gasteiger partial charge >= 0.3 is 0 Å². The lowest BCUT2D eigenvalue weighted by atomic mass is 10.1. The first-order valence-corrected chi connectivity index (χ1v) is 4.12. The van der Waals surface area contributed by atoms with Crippen molar-refractivity contribution < 1.29 is 9.59 Å². The summed E-state index contributed by atoms with van der Waals surface area (Å²) < 4.78 is 0. The molecule has 13 heavy (non-hydrogen) atoms. The summed E-state index contributed by atoms with van der Waals surface area (Å²) >= 11 is 5.71. The van der Waals surface area contributed by atoms with E-state index in [1.165, 1.54) is 13.1 Å². The number of ketones is 2. The summed E-state index contributed by atoms with van der Waals surface area (Å²) in [6.45, 7) is 1.36. The van der Waals surface area contributed by atoms with Crippen LogP contribution in [0.5, 0.6) is 0 Å². The van der Waals surface area contributed by atoms with Crippen LogP contribution in [0, 0.1) is 0 Å². The molecule has 0 radical (unpaired) electrons. The molecule has 0 saturated carbocycles. The number of hydrogen-bond donors (Lipinski definition) is 0. The Kier molecular flexibility index (Phi) is 3.14. The number of nitrogens with zero attached hydrogens (tertiary/aromatic N) is 1. The summed E-state index contributed by atoms with van der Waals surface area (Å²) in [6.07, 6.45) is 1.33. The fourth-order valence-electron chi connectivity index (χ4n) is 0.901. The Bertz CT molecular complexity index is 349. The summed E-state index contributed by atoms with van der Waals surface area (Å²) in [6, 6.07) is 3.20. The summed E-state index contributed by atoms with van der Waals surface area (Å²) in [7, 11) is 0. The van der Waals surface area contributed by atoms with Gasteiger partial charge in [0.25, 0.3) is 0 Å². The number of Topliss-reactive ketones (excluding diaryl/α,β-unsaturated/α-hetero) is 2. The van der Waals surface area contributed by atoms with E-state index >= 15 is 0 Å². The lowest BCUT2D eigenvalue weighted by Crippen LogP contribution is -2.07. The molecule has 0 saturated heterocycles. The number of rotatable bonds is 3. The van der Waals surface area contributed by atoms with Gasteiger partial charge in [0.2, 0.25) is 0 Å². The molecule has 1 heterocycles. The summed E-state index contributed by atoms with van der Waals surface area (Å²) in [5, 5.41) is 0.286. The van der Waals surface area contributed by atoms with E-state index in [0.29, 0.717) is 0 Å². The van der Waals surface area contributed by atoms with E-state index in [0.717, 1.165) is 0 Å². The zero-order chi connectivity index (χ0) is 9.84. The Morgan fingerprint density at radius 2 is 2.23 bits per heavy atom. The lowest BCUT2D eigenvalue weighted by Gasteiger charge is -1.98. The van der Waals surface area contributed by atoms with Crippen molar-refractivity contribution in [3.05, 3.63) is 29.0 Å². The molecule has 68 valence electrons. The zero-order valence-corrected chi connectivity index (χ0v) is 7.84. The predicted molar refractivity (Wildman–Crippen MR) is 48.9 cm³/mol. The van der Waals surface area contributed by atoms with Crippen molar-refractivity contribution in [2.75, 3.05) is 0 Å². The topological polar surface area (TPSA) is 47.0 Å². The van der Waals surface area contributed by atoms with Crippen molar-refractivity contribution in [1.29, 1.82) is 0 Å². The molecule has 0 spiro atoms. The van der Waals surface area contributed by atoms with Crippen molar-refractivity contribution in [3.63, 3.8) is 0 Å². The number of halogens is 1. The van der Waals surface area contributed by atoms with E-state index in [-0.39, 0.29) is 28.7 Å². The van der Waals surface area contributed by atoms with E-state index in [9.17, 15) is 9.59 Å². The summed E-state index contributed by atoms with van der Waals surface area (Å²) in [5.41, 5.74) is 0.166. The van der Waals surface area contributed by atoms with Crippen LogP contribution in [0.1, 0.15) is 23.8 Å². The van der Waals surface area contributed by atoms with Gasteiger partial charge in [-0.05, 0) is 19.1 Å². The fourth-order valence-corrected chi connectivity index (χ4v) is 1.13. The monoisotopic (exact) mass is 197 g/mol. The van der Waals surface area contributed by atoms with Crippen LogP contribution in [0.3, 0.4) is 0 Å². The second-order valence-corrected chi connectivity index (χ2v) is 3.04. The molecule has 1 rings (SSSR count). The highest BCUT2D eigenvalue weighted by molar-refractivity contribution is 6.34. The van der Waals surface area contributed by atoms with E-state index in [4.69, 9.17) is 11.6 Å². The SMILES string of the molecule is CC(=O)CC(=O)c1ncccc1Cl. The van der Waals surface area contributed by atoms with Crippen LogP contribution < -0.4 is 0 Å². The van der Waals surface area contributed by atoms with Crippen LogP contribution >= 0.6 is 11.6 Å². The quantitative estimate of drug-likeness (QED) is 0.549. The molecule has 1 aromatic heterocycles. The Morgan fingerprint density at radius 3 is 2.77 bits per heavy atom. The first-order chi connectivity index (χ1) is 6.11. The average molecular weight is 198 g/mol. The molecule has 0 aliphatic heterocycles. The predicted octanol–water partition coefficient (Wildman–Crippen LogP) is 1.90. The van der Waals surface area contributed by atoms with E-state index in [1.807, 2.05) is 0 Å². The van der Waals surface area contributed by atoms with Gasteiger partial charge in [0.05, 0.1) is 11.4 Å². The minimum Gasteiger partial charge on any atom is -0.300 e. The standard InChI is InChI=1S/C9H8ClNO2/c1-6(12)5-8(13)9-7(10)3-2-4-11-9/h2-4H,5H2,1H3. The molecule has 0 atom stereocenters. The van der Waals surface area contributed by atoms with E-state index in [1.54, 1.807) is 12.1 Å². The fraction of sp³-hybridized carbons (Fsp3) is 0.222. The third kappa shape index (κ3) is 2.63. The third-order valence-electron chi connectivity index (χ3n) is 1.43. The average Bonchev–Trinajstić information content (AvgIpc) is 2.03. The molecule has 0 aliphatic carbocycles. The first-order valence-electron chi connectivity index (χ1n) is 3.74. The largest absolute Gasteiger partial charge is 0.300 e. The smallest absolute Gasteiger partial charge is 0.190 e. The summed E-state index contributed by atoms with van der Waals surface area (Å²) in [4.78, 5) is 25.8. The van der Waals surface area contributed by atoms with Gasteiger partial charge < -0.3 is 0 Å². The van der Waals surface area contributed by atoms with Gasteiger partial charge in [0, 0.05) is 6.20 Å². The highest BCUT2D eigenvalue weighted by Gasteiger charge is 2.12. The maximum atomic E-state index is 11.3. The van der Waals surface area contributed by atoms with E-state index < -0.39 is 0 Å². The van der Waals surface area contributed by atoms with Crippen molar-refractivity contribution in [2.45, 2.75) is 13.3 Å². The number of hydrogen-bond acceptors (Lipinski definition) is 3. The highest BCUT2D eigenvalue weighted by Crippen LogP contribution is 2.13. The van der Waals surface area contributed by atoms with Crippen molar-refractivity contribution in [1.82, 2.24) is 4.98 Å². The van der Waals surface area contributed by atoms with Gasteiger partial charge in [-0.1, -0.05) is 11.6 Å². The molecule has 1 aromatic rings. The number of carbonyl (C=O) groups excluding carboxylic acids is 2. The molecule has 0 N–H and O–H groups in total. The molecular formula is C9H8ClNO2.